The van der Waals surface area contributed by atoms with Crippen LogP contribution in [0.15, 0.2) is 18.2 Å². The van der Waals surface area contributed by atoms with Gasteiger partial charge in [0.25, 0.3) is 5.91 Å². The lowest BCUT2D eigenvalue weighted by Gasteiger charge is -2.34. The van der Waals surface area contributed by atoms with Gasteiger partial charge in [0.1, 0.15) is 17.3 Å². The molecule has 1 fully saturated rings. The molecule has 1 aromatic heterocycles. The SMILES string of the molecule is CC(=O)N1CCN(c2nc(NC(C)c3ccc(F)c(C(F)(F)F)c3)c3c(n2)C(=O)N(C(C)C)C3)CC1. The van der Waals surface area contributed by atoms with Crippen molar-refractivity contribution < 1.29 is 27.2 Å². The van der Waals surface area contributed by atoms with E-state index >= 15 is 0 Å². The smallest absolute Gasteiger partial charge is 0.363 e. The lowest BCUT2D eigenvalue weighted by atomic mass is 10.0. The van der Waals surface area contributed by atoms with Crippen LogP contribution < -0.4 is 10.2 Å². The van der Waals surface area contributed by atoms with Gasteiger partial charge in [0.15, 0.2) is 0 Å². The van der Waals surface area contributed by atoms with E-state index in [-0.39, 0.29) is 35.7 Å². The molecule has 1 atom stereocenters. The van der Waals surface area contributed by atoms with Gasteiger partial charge in [-0.2, -0.15) is 18.2 Å². The highest BCUT2D eigenvalue weighted by Gasteiger charge is 2.37. The van der Waals surface area contributed by atoms with Crippen LogP contribution in [0.4, 0.5) is 29.3 Å². The van der Waals surface area contributed by atoms with Crippen LogP contribution in [0, 0.1) is 5.82 Å². The lowest BCUT2D eigenvalue weighted by molar-refractivity contribution is -0.140. The van der Waals surface area contributed by atoms with Crippen LogP contribution in [0.5, 0.6) is 0 Å². The standard InChI is InChI=1S/C24H28F4N6O2/c1-13(2)34-12-17-20(22(34)36)30-23(33-9-7-32(8-10-33)15(4)35)31-21(17)29-14(3)16-5-6-19(25)18(11-16)24(26,27)28/h5-6,11,13-14H,7-10,12H2,1-4H3,(H,29,30,31). The second-order valence-corrected chi connectivity index (χ2v) is 9.32. The maximum absolute atomic E-state index is 13.8. The van der Waals surface area contributed by atoms with Gasteiger partial charge in [0, 0.05) is 50.7 Å². The molecule has 1 unspecified atom stereocenters. The van der Waals surface area contributed by atoms with Crippen molar-refractivity contribution in [2.24, 2.45) is 0 Å². The Morgan fingerprint density at radius 1 is 1.08 bits per heavy atom. The van der Waals surface area contributed by atoms with E-state index in [2.05, 4.69) is 15.3 Å². The van der Waals surface area contributed by atoms with Gasteiger partial charge in [-0.05, 0) is 38.5 Å². The maximum Gasteiger partial charge on any atom is 0.419 e. The minimum Gasteiger partial charge on any atom is -0.363 e. The zero-order chi connectivity index (χ0) is 26.4. The molecule has 12 heteroatoms. The summed E-state index contributed by atoms with van der Waals surface area (Å²) in [5, 5.41) is 3.13. The van der Waals surface area contributed by atoms with Crippen molar-refractivity contribution in [2.45, 2.75) is 52.5 Å². The van der Waals surface area contributed by atoms with Crippen molar-refractivity contribution in [3.05, 3.63) is 46.4 Å². The molecule has 3 heterocycles. The highest BCUT2D eigenvalue weighted by atomic mass is 19.4. The van der Waals surface area contributed by atoms with Gasteiger partial charge in [0.05, 0.1) is 12.1 Å². The number of amides is 2. The molecule has 2 aromatic rings. The highest BCUT2D eigenvalue weighted by molar-refractivity contribution is 5.98. The zero-order valence-electron chi connectivity index (χ0n) is 20.5. The Hall–Kier alpha value is -3.44. The normalized spacial score (nSPS) is 17.0. The van der Waals surface area contributed by atoms with Crippen LogP contribution in [0.1, 0.15) is 60.9 Å². The number of hydrogen-bond acceptors (Lipinski definition) is 6. The number of alkyl halides is 3. The van der Waals surface area contributed by atoms with Crippen LogP contribution in [-0.4, -0.2) is 63.8 Å². The maximum atomic E-state index is 13.8. The summed E-state index contributed by atoms with van der Waals surface area (Å²) in [5.41, 5.74) is -0.318. The van der Waals surface area contributed by atoms with Gasteiger partial charge in [0.2, 0.25) is 11.9 Å². The summed E-state index contributed by atoms with van der Waals surface area (Å²) in [7, 11) is 0. The summed E-state index contributed by atoms with van der Waals surface area (Å²) in [4.78, 5) is 39.2. The molecular formula is C24H28F4N6O2. The average Bonchev–Trinajstić information content (AvgIpc) is 3.15. The minimum absolute atomic E-state index is 0.0269. The first kappa shape index (κ1) is 25.6. The van der Waals surface area contributed by atoms with E-state index in [0.717, 1.165) is 12.1 Å². The molecule has 1 saturated heterocycles. The summed E-state index contributed by atoms with van der Waals surface area (Å²) < 4.78 is 53.5. The third-order valence-corrected chi connectivity index (χ3v) is 6.57. The van der Waals surface area contributed by atoms with Crippen molar-refractivity contribution >= 4 is 23.6 Å². The third-order valence-electron chi connectivity index (χ3n) is 6.57. The number of carbonyl (C=O) groups is 2. The van der Waals surface area contributed by atoms with E-state index < -0.39 is 23.6 Å². The number of aromatic nitrogens is 2. The number of benzene rings is 1. The van der Waals surface area contributed by atoms with Gasteiger partial charge >= 0.3 is 6.18 Å². The molecule has 36 heavy (non-hydrogen) atoms. The van der Waals surface area contributed by atoms with Crippen LogP contribution in [0.25, 0.3) is 0 Å². The number of halogens is 4. The van der Waals surface area contributed by atoms with E-state index in [9.17, 15) is 27.2 Å². The zero-order valence-corrected chi connectivity index (χ0v) is 20.5. The number of nitrogens with zero attached hydrogens (tertiary/aromatic N) is 5. The molecule has 0 spiro atoms. The Morgan fingerprint density at radius 2 is 1.75 bits per heavy atom. The summed E-state index contributed by atoms with van der Waals surface area (Å²) in [6, 6.07) is 2.10. The molecule has 194 valence electrons. The number of fused-ring (bicyclic) bond motifs is 1. The van der Waals surface area contributed by atoms with Gasteiger partial charge in [-0.15, -0.1) is 0 Å². The highest BCUT2D eigenvalue weighted by Crippen LogP contribution is 2.35. The fraction of sp³-hybridized carbons (Fsp3) is 0.500. The largest absolute Gasteiger partial charge is 0.419 e. The minimum atomic E-state index is -4.82. The van der Waals surface area contributed by atoms with E-state index in [1.807, 2.05) is 18.7 Å². The topological polar surface area (TPSA) is 81.7 Å². The number of piperazine rings is 1. The summed E-state index contributed by atoms with van der Waals surface area (Å²) in [5.74, 6) is -0.970. The molecule has 4 rings (SSSR count). The molecule has 0 bridgehead atoms. The quantitative estimate of drug-likeness (QED) is 0.619. The van der Waals surface area contributed by atoms with Crippen LogP contribution in [-0.2, 0) is 17.5 Å². The Bertz CT molecular complexity index is 1180. The first-order valence-corrected chi connectivity index (χ1v) is 11.7. The van der Waals surface area contributed by atoms with Crippen LogP contribution in [0.3, 0.4) is 0 Å². The molecule has 2 aliphatic heterocycles. The van der Waals surface area contributed by atoms with E-state index in [1.54, 1.807) is 16.7 Å². The first-order valence-electron chi connectivity index (χ1n) is 11.7. The predicted molar refractivity (Wildman–Crippen MR) is 125 cm³/mol. The number of nitrogens with one attached hydrogen (secondary N) is 1. The lowest BCUT2D eigenvalue weighted by Crippen LogP contribution is -2.48. The number of carbonyl (C=O) groups excluding carboxylic acids is 2. The van der Waals surface area contributed by atoms with Gasteiger partial charge in [-0.1, -0.05) is 6.07 Å². The Morgan fingerprint density at radius 3 is 2.33 bits per heavy atom. The predicted octanol–water partition coefficient (Wildman–Crippen LogP) is 3.84. The molecule has 8 nitrogen and oxygen atoms in total. The van der Waals surface area contributed by atoms with Crippen molar-refractivity contribution in [3.8, 4) is 0 Å². The van der Waals surface area contributed by atoms with Crippen LogP contribution >= 0.6 is 0 Å². The van der Waals surface area contributed by atoms with Crippen molar-refractivity contribution in [1.82, 2.24) is 19.8 Å². The third kappa shape index (κ3) is 4.93. The molecule has 0 saturated carbocycles. The van der Waals surface area contributed by atoms with Crippen molar-refractivity contribution in [2.75, 3.05) is 36.4 Å². The number of anilines is 2. The van der Waals surface area contributed by atoms with E-state index in [4.69, 9.17) is 0 Å². The number of hydrogen-bond donors (Lipinski definition) is 1. The fourth-order valence-corrected chi connectivity index (χ4v) is 4.39. The molecular weight excluding hydrogens is 480 g/mol. The van der Waals surface area contributed by atoms with Crippen LogP contribution in [0.2, 0.25) is 0 Å². The fourth-order valence-electron chi connectivity index (χ4n) is 4.39. The van der Waals surface area contributed by atoms with Gasteiger partial charge < -0.3 is 20.0 Å². The second kappa shape index (κ2) is 9.55. The van der Waals surface area contributed by atoms with E-state index in [1.165, 1.54) is 13.0 Å². The monoisotopic (exact) mass is 508 g/mol. The van der Waals surface area contributed by atoms with Crippen molar-refractivity contribution in [1.29, 1.82) is 0 Å². The van der Waals surface area contributed by atoms with E-state index in [0.29, 0.717) is 43.5 Å². The molecule has 0 radical (unpaired) electrons. The molecule has 1 aromatic carbocycles. The summed E-state index contributed by atoms with van der Waals surface area (Å²) >= 11 is 0. The Balaban J connectivity index is 1.68. The summed E-state index contributed by atoms with van der Waals surface area (Å²) in [6.45, 7) is 9.08. The Labute approximate surface area is 206 Å². The van der Waals surface area contributed by atoms with Crippen molar-refractivity contribution in [3.63, 3.8) is 0 Å². The number of rotatable bonds is 5. The molecule has 1 N–H and O–H groups in total. The van der Waals surface area contributed by atoms with Gasteiger partial charge in [-0.3, -0.25) is 9.59 Å². The molecule has 2 amide bonds. The summed E-state index contributed by atoms with van der Waals surface area (Å²) in [6.07, 6.45) is -4.82. The molecule has 2 aliphatic rings. The molecule has 0 aliphatic carbocycles. The Kier molecular flexibility index (Phi) is 6.80. The second-order valence-electron chi connectivity index (χ2n) is 9.32. The first-order chi connectivity index (χ1) is 16.9. The average molecular weight is 509 g/mol. The van der Waals surface area contributed by atoms with Gasteiger partial charge in [-0.25, -0.2) is 9.37 Å².